The Morgan fingerprint density at radius 2 is 2.00 bits per heavy atom. The van der Waals surface area contributed by atoms with Crippen LogP contribution in [0.2, 0.25) is 0 Å². The van der Waals surface area contributed by atoms with Gasteiger partial charge in [-0.05, 0) is 58.1 Å². The van der Waals surface area contributed by atoms with Gasteiger partial charge in [0, 0.05) is 25.0 Å². The lowest BCUT2D eigenvalue weighted by atomic mass is 9.99. The first kappa shape index (κ1) is 17.9. The lowest BCUT2D eigenvalue weighted by Gasteiger charge is -2.33. The second-order valence-electron chi connectivity index (χ2n) is 7.10. The number of aryl methyl sites for hydroxylation is 1. The molecule has 0 radical (unpaired) electrons. The van der Waals surface area contributed by atoms with Crippen molar-refractivity contribution in [3.63, 3.8) is 0 Å². The minimum atomic E-state index is -1.07. The third kappa shape index (κ3) is 5.61. The van der Waals surface area contributed by atoms with Crippen LogP contribution in [0.5, 0.6) is 0 Å². The number of likely N-dealkylation sites (tertiary alicyclic amines) is 1. The third-order valence-electron chi connectivity index (χ3n) is 3.77. The van der Waals surface area contributed by atoms with Gasteiger partial charge in [-0.15, -0.1) is 0 Å². The number of pyridine rings is 1. The van der Waals surface area contributed by atoms with Crippen molar-refractivity contribution in [1.29, 1.82) is 0 Å². The van der Waals surface area contributed by atoms with Gasteiger partial charge < -0.3 is 9.64 Å². The topological polar surface area (TPSA) is 59.5 Å². The number of nitrogens with zero attached hydrogens (tertiary/aromatic N) is 2. The summed E-state index contributed by atoms with van der Waals surface area (Å²) in [7, 11) is -1.07. The van der Waals surface area contributed by atoms with Crippen LogP contribution in [0.3, 0.4) is 0 Å². The highest BCUT2D eigenvalue weighted by atomic mass is 32.2. The first-order chi connectivity index (χ1) is 10.7. The van der Waals surface area contributed by atoms with Gasteiger partial charge in [-0.1, -0.05) is 6.07 Å². The van der Waals surface area contributed by atoms with E-state index >= 15 is 0 Å². The summed E-state index contributed by atoms with van der Waals surface area (Å²) in [4.78, 5) is 18.0. The van der Waals surface area contributed by atoms with Crippen molar-refractivity contribution in [2.45, 2.75) is 51.2 Å². The fraction of sp³-hybridized carbons (Fsp3) is 0.647. The molecule has 5 nitrogen and oxygen atoms in total. The van der Waals surface area contributed by atoms with E-state index in [0.29, 0.717) is 29.8 Å². The molecule has 1 saturated heterocycles. The third-order valence-corrected chi connectivity index (χ3v) is 5.25. The molecule has 2 heterocycles. The maximum Gasteiger partial charge on any atom is 0.410 e. The summed E-state index contributed by atoms with van der Waals surface area (Å²) in [6.45, 7) is 8.91. The van der Waals surface area contributed by atoms with E-state index in [1.54, 1.807) is 11.1 Å². The Kier molecular flexibility index (Phi) is 5.79. The molecule has 0 N–H and O–H groups in total. The molecule has 0 bridgehead atoms. The summed E-state index contributed by atoms with van der Waals surface area (Å²) in [6, 6.07) is 3.77. The monoisotopic (exact) mass is 338 g/mol. The zero-order valence-corrected chi connectivity index (χ0v) is 15.2. The molecule has 1 aromatic rings. The Hall–Kier alpha value is -1.43. The SMILES string of the molecule is Cc1ccc(S(=O)CC2CCN(C(=O)OC(C)(C)C)CC2)nc1. The van der Waals surface area contributed by atoms with E-state index in [4.69, 9.17) is 4.74 Å². The summed E-state index contributed by atoms with van der Waals surface area (Å²) in [6.07, 6.45) is 3.21. The van der Waals surface area contributed by atoms with Crippen LogP contribution in [-0.4, -0.2) is 44.6 Å². The number of ether oxygens (including phenoxy) is 1. The quantitative estimate of drug-likeness (QED) is 0.849. The van der Waals surface area contributed by atoms with Crippen LogP contribution in [0, 0.1) is 12.8 Å². The number of carbonyl (C=O) groups is 1. The van der Waals surface area contributed by atoms with E-state index < -0.39 is 16.4 Å². The molecule has 1 fully saturated rings. The number of piperidine rings is 1. The maximum atomic E-state index is 12.4. The van der Waals surface area contributed by atoms with Gasteiger partial charge in [0.15, 0.2) is 0 Å². The van der Waals surface area contributed by atoms with Crippen molar-refractivity contribution < 1.29 is 13.7 Å². The second kappa shape index (κ2) is 7.43. The Labute approximate surface area is 140 Å². The van der Waals surface area contributed by atoms with Crippen molar-refractivity contribution in [3.05, 3.63) is 23.9 Å². The molecule has 2 rings (SSSR count). The van der Waals surface area contributed by atoms with Crippen molar-refractivity contribution in [2.24, 2.45) is 5.92 Å². The van der Waals surface area contributed by atoms with E-state index in [1.165, 1.54) is 0 Å². The molecule has 128 valence electrons. The first-order valence-electron chi connectivity index (χ1n) is 8.03. The lowest BCUT2D eigenvalue weighted by Crippen LogP contribution is -2.42. The van der Waals surface area contributed by atoms with Gasteiger partial charge in [-0.3, -0.25) is 4.21 Å². The second-order valence-corrected chi connectivity index (χ2v) is 8.54. The van der Waals surface area contributed by atoms with E-state index in [2.05, 4.69) is 4.98 Å². The Morgan fingerprint density at radius 1 is 1.35 bits per heavy atom. The van der Waals surface area contributed by atoms with Gasteiger partial charge in [-0.2, -0.15) is 0 Å². The molecule has 1 amide bonds. The number of amides is 1. The Balaban J connectivity index is 1.81. The van der Waals surface area contributed by atoms with Crippen LogP contribution in [0.1, 0.15) is 39.2 Å². The molecule has 6 heteroatoms. The average molecular weight is 338 g/mol. The van der Waals surface area contributed by atoms with Crippen LogP contribution in [0.15, 0.2) is 23.4 Å². The van der Waals surface area contributed by atoms with Gasteiger partial charge in [-0.25, -0.2) is 9.78 Å². The van der Waals surface area contributed by atoms with Crippen LogP contribution >= 0.6 is 0 Å². The summed E-state index contributed by atoms with van der Waals surface area (Å²) in [5.74, 6) is 0.968. The van der Waals surface area contributed by atoms with Crippen molar-refractivity contribution >= 4 is 16.9 Å². The van der Waals surface area contributed by atoms with Crippen LogP contribution in [-0.2, 0) is 15.5 Å². The zero-order chi connectivity index (χ0) is 17.0. The molecule has 1 unspecified atom stereocenters. The summed E-state index contributed by atoms with van der Waals surface area (Å²) < 4.78 is 17.8. The molecule has 1 aliphatic heterocycles. The fourth-order valence-corrected chi connectivity index (χ4v) is 3.82. The van der Waals surface area contributed by atoms with Crippen molar-refractivity contribution in [2.75, 3.05) is 18.8 Å². The molecule has 0 saturated carbocycles. The van der Waals surface area contributed by atoms with Gasteiger partial charge in [0.2, 0.25) is 0 Å². The predicted octanol–water partition coefficient (Wildman–Crippen LogP) is 3.14. The van der Waals surface area contributed by atoms with E-state index in [0.717, 1.165) is 18.4 Å². The molecular weight excluding hydrogens is 312 g/mol. The standard InChI is InChI=1S/C17H26N2O3S/c1-13-5-6-15(18-11-13)23(21)12-14-7-9-19(10-8-14)16(20)22-17(2,3)4/h5-6,11,14H,7-10,12H2,1-4H3. The highest BCUT2D eigenvalue weighted by molar-refractivity contribution is 7.84. The highest BCUT2D eigenvalue weighted by Gasteiger charge is 2.27. The molecule has 0 spiro atoms. The summed E-state index contributed by atoms with van der Waals surface area (Å²) in [5, 5.41) is 0.644. The number of carbonyl (C=O) groups excluding carboxylic acids is 1. The van der Waals surface area contributed by atoms with Crippen LogP contribution < -0.4 is 0 Å². The largest absolute Gasteiger partial charge is 0.444 e. The number of rotatable bonds is 3. The van der Waals surface area contributed by atoms with E-state index in [-0.39, 0.29) is 6.09 Å². The van der Waals surface area contributed by atoms with Gasteiger partial charge >= 0.3 is 6.09 Å². The summed E-state index contributed by atoms with van der Waals surface area (Å²) in [5.41, 5.74) is 0.600. The fourth-order valence-electron chi connectivity index (χ4n) is 2.50. The molecule has 1 atom stereocenters. The van der Waals surface area contributed by atoms with Gasteiger partial charge in [0.1, 0.15) is 10.6 Å². The predicted molar refractivity (Wildman–Crippen MR) is 90.8 cm³/mol. The van der Waals surface area contributed by atoms with Crippen LogP contribution in [0.4, 0.5) is 4.79 Å². The lowest BCUT2D eigenvalue weighted by molar-refractivity contribution is 0.0191. The minimum absolute atomic E-state index is 0.253. The highest BCUT2D eigenvalue weighted by Crippen LogP contribution is 2.21. The van der Waals surface area contributed by atoms with Crippen molar-refractivity contribution in [1.82, 2.24) is 9.88 Å². The van der Waals surface area contributed by atoms with E-state index in [1.807, 2.05) is 39.8 Å². The zero-order valence-electron chi connectivity index (χ0n) is 14.4. The number of hydrogen-bond acceptors (Lipinski definition) is 4. The Bertz CT molecular complexity index is 558. The molecule has 0 aromatic carbocycles. The summed E-state index contributed by atoms with van der Waals surface area (Å²) >= 11 is 0. The van der Waals surface area contributed by atoms with E-state index in [9.17, 15) is 9.00 Å². The molecular formula is C17H26N2O3S. The minimum Gasteiger partial charge on any atom is -0.444 e. The van der Waals surface area contributed by atoms with Gasteiger partial charge in [0.05, 0.1) is 10.8 Å². The number of aromatic nitrogens is 1. The molecule has 23 heavy (non-hydrogen) atoms. The Morgan fingerprint density at radius 3 is 2.52 bits per heavy atom. The van der Waals surface area contributed by atoms with Gasteiger partial charge in [0.25, 0.3) is 0 Å². The van der Waals surface area contributed by atoms with Crippen LogP contribution in [0.25, 0.3) is 0 Å². The molecule has 0 aliphatic carbocycles. The maximum absolute atomic E-state index is 12.4. The molecule has 1 aromatic heterocycles. The average Bonchev–Trinajstić information content (AvgIpc) is 2.46. The normalized spacial score (nSPS) is 17.8. The molecule has 1 aliphatic rings. The van der Waals surface area contributed by atoms with Crippen molar-refractivity contribution in [3.8, 4) is 0 Å². The first-order valence-corrected chi connectivity index (χ1v) is 9.35. The number of hydrogen-bond donors (Lipinski definition) is 0. The smallest absolute Gasteiger partial charge is 0.410 e.